The summed E-state index contributed by atoms with van der Waals surface area (Å²) in [5, 5.41) is 9.70. The summed E-state index contributed by atoms with van der Waals surface area (Å²) < 4.78 is 0. The third kappa shape index (κ3) is 8.01. The van der Waals surface area contributed by atoms with Crippen LogP contribution in [-0.4, -0.2) is 20.9 Å². The molecule has 4 nitrogen and oxygen atoms in total. The maximum absolute atomic E-state index is 12.7. The fourth-order valence-corrected chi connectivity index (χ4v) is 7.32. The van der Waals surface area contributed by atoms with Crippen molar-refractivity contribution in [3.05, 3.63) is 206 Å². The molecule has 0 spiro atoms. The molecule has 0 amide bonds. The average molecular weight is 725 g/mol. The summed E-state index contributed by atoms with van der Waals surface area (Å²) >= 11 is 0. The van der Waals surface area contributed by atoms with Gasteiger partial charge in [-0.2, -0.15) is 0 Å². The van der Waals surface area contributed by atoms with Gasteiger partial charge in [0.25, 0.3) is 0 Å². The Bertz CT molecular complexity index is 2500. The Balaban J connectivity index is 1.26. The molecule has 0 atom stereocenters. The molecule has 2 heterocycles. The van der Waals surface area contributed by atoms with E-state index < -0.39 is 0 Å². The van der Waals surface area contributed by atoms with Crippen LogP contribution in [0.5, 0.6) is 0 Å². The van der Waals surface area contributed by atoms with E-state index in [4.69, 9.17) is 9.97 Å². The lowest BCUT2D eigenvalue weighted by molar-refractivity contribution is -0.114. The molecule has 2 aromatic heterocycles. The number of ketones is 1. The van der Waals surface area contributed by atoms with Crippen LogP contribution in [0.2, 0.25) is 0 Å². The second-order valence-electron chi connectivity index (χ2n) is 13.9. The number of aryl methyl sites for hydroxylation is 1. The van der Waals surface area contributed by atoms with Gasteiger partial charge in [0.15, 0.2) is 5.78 Å². The lowest BCUT2D eigenvalue weighted by Gasteiger charge is -2.18. The van der Waals surface area contributed by atoms with Crippen molar-refractivity contribution < 1.29 is 9.90 Å². The molecule has 6 aromatic carbocycles. The van der Waals surface area contributed by atoms with Gasteiger partial charge in [0.2, 0.25) is 0 Å². The maximum Gasteiger partial charge on any atom is 0.159 e. The number of aromatic nitrogens is 2. The highest BCUT2D eigenvalue weighted by molar-refractivity contribution is 5.93. The number of aliphatic hydroxyl groups is 1. The van der Waals surface area contributed by atoms with Crippen molar-refractivity contribution in [2.24, 2.45) is 0 Å². The molecule has 0 saturated carbocycles. The van der Waals surface area contributed by atoms with Gasteiger partial charge in [-0.3, -0.25) is 14.8 Å². The van der Waals surface area contributed by atoms with Crippen molar-refractivity contribution in [3.8, 4) is 78.1 Å². The van der Waals surface area contributed by atoms with Gasteiger partial charge in [-0.15, -0.1) is 0 Å². The van der Waals surface area contributed by atoms with Gasteiger partial charge in [0.1, 0.15) is 0 Å². The number of carbonyl (C=O) groups excluding carboxylic acids is 1. The van der Waals surface area contributed by atoms with Crippen LogP contribution in [0, 0.1) is 0 Å². The molecule has 0 fully saturated rings. The van der Waals surface area contributed by atoms with Gasteiger partial charge in [-0.25, -0.2) is 0 Å². The molecule has 0 saturated heterocycles. The van der Waals surface area contributed by atoms with Crippen molar-refractivity contribution in [1.29, 1.82) is 0 Å². The molecule has 0 unspecified atom stereocenters. The van der Waals surface area contributed by atoms with Crippen LogP contribution >= 0.6 is 0 Å². The van der Waals surface area contributed by atoms with Crippen LogP contribution in [0.1, 0.15) is 18.9 Å². The van der Waals surface area contributed by atoms with Crippen LogP contribution in [0.25, 0.3) is 78.1 Å². The molecule has 0 aliphatic rings. The van der Waals surface area contributed by atoms with Gasteiger partial charge in [0, 0.05) is 47.1 Å². The molecule has 4 heteroatoms. The summed E-state index contributed by atoms with van der Waals surface area (Å²) in [5.41, 5.74) is 15.7. The lowest BCUT2D eigenvalue weighted by Crippen LogP contribution is -1.99. The summed E-state index contributed by atoms with van der Waals surface area (Å²) in [6.07, 6.45) is 6.07. The SMILES string of the molecule is CC(O)=CC(=O)CCc1ccccc1-c1cc(-c2ccccc2-c2ccc(-c3ccccc3)nc2)cc(-c2ccccc2-c2ccc(-c3ccccc3)nc2)c1. The monoisotopic (exact) mass is 724 g/mol. The number of hydrogen-bond donors (Lipinski definition) is 1. The third-order valence-corrected chi connectivity index (χ3v) is 10.0. The van der Waals surface area contributed by atoms with Crippen molar-refractivity contribution in [1.82, 2.24) is 9.97 Å². The normalized spacial score (nSPS) is 11.3. The molecule has 0 aliphatic heterocycles. The predicted octanol–water partition coefficient (Wildman–Crippen LogP) is 13.1. The molecule has 8 aromatic rings. The van der Waals surface area contributed by atoms with Crippen LogP contribution in [-0.2, 0) is 11.2 Å². The summed E-state index contributed by atoms with van der Waals surface area (Å²) in [6.45, 7) is 1.52. The van der Waals surface area contributed by atoms with E-state index in [0.29, 0.717) is 12.8 Å². The highest BCUT2D eigenvalue weighted by Gasteiger charge is 2.16. The summed E-state index contributed by atoms with van der Waals surface area (Å²) in [4.78, 5) is 22.4. The molecular weight excluding hydrogens is 685 g/mol. The highest BCUT2D eigenvalue weighted by atomic mass is 16.3. The van der Waals surface area contributed by atoms with Crippen molar-refractivity contribution in [3.63, 3.8) is 0 Å². The Morgan fingerprint density at radius 2 is 0.857 bits per heavy atom. The minimum atomic E-state index is -0.101. The number of aliphatic hydroxyl groups excluding tert-OH is 1. The Morgan fingerprint density at radius 1 is 0.464 bits per heavy atom. The number of pyridine rings is 2. The fourth-order valence-electron chi connectivity index (χ4n) is 7.32. The minimum Gasteiger partial charge on any atom is -0.512 e. The zero-order valence-corrected chi connectivity index (χ0v) is 31.1. The van der Waals surface area contributed by atoms with Crippen LogP contribution < -0.4 is 0 Å². The standard InChI is InChI=1S/C52H40N2O2/c1-36(55)30-45(56)27-24-37-14-8-9-19-46(37)42-31-43(49-22-12-10-20-47(49)40-25-28-51(53-34-40)38-15-4-2-5-16-38)33-44(32-42)50-23-13-11-21-48(50)41-26-29-52(54-35-41)39-17-6-3-7-18-39/h2-23,25-26,28-35,55H,24,27H2,1H3. The van der Waals surface area contributed by atoms with E-state index in [2.05, 4.69) is 127 Å². The van der Waals surface area contributed by atoms with Crippen LogP contribution in [0.3, 0.4) is 0 Å². The van der Waals surface area contributed by atoms with Crippen LogP contribution in [0.15, 0.2) is 200 Å². The highest BCUT2D eigenvalue weighted by Crippen LogP contribution is 2.41. The lowest BCUT2D eigenvalue weighted by atomic mass is 9.86. The largest absolute Gasteiger partial charge is 0.512 e. The Morgan fingerprint density at radius 3 is 1.29 bits per heavy atom. The first-order valence-electron chi connectivity index (χ1n) is 18.9. The number of rotatable bonds is 11. The van der Waals surface area contributed by atoms with Gasteiger partial charge in [0.05, 0.1) is 17.1 Å². The number of benzene rings is 6. The minimum absolute atomic E-state index is 0.0211. The topological polar surface area (TPSA) is 63.1 Å². The second-order valence-corrected chi connectivity index (χ2v) is 13.9. The van der Waals surface area contributed by atoms with E-state index in [1.165, 1.54) is 13.0 Å². The molecule has 1 N–H and O–H groups in total. The third-order valence-electron chi connectivity index (χ3n) is 10.0. The van der Waals surface area contributed by atoms with E-state index >= 15 is 0 Å². The number of allylic oxidation sites excluding steroid dienone is 2. The predicted molar refractivity (Wildman–Crippen MR) is 230 cm³/mol. The fraction of sp³-hybridized carbons (Fsp3) is 0.0577. The average Bonchev–Trinajstić information content (AvgIpc) is 3.26. The maximum atomic E-state index is 12.7. The zero-order valence-electron chi connectivity index (χ0n) is 31.1. The molecule has 0 aliphatic carbocycles. The van der Waals surface area contributed by atoms with E-state index in [1.54, 1.807) is 0 Å². The molecule has 56 heavy (non-hydrogen) atoms. The Hall–Kier alpha value is -7.17. The van der Waals surface area contributed by atoms with Crippen molar-refractivity contribution >= 4 is 5.78 Å². The Kier molecular flexibility index (Phi) is 10.5. The van der Waals surface area contributed by atoms with E-state index in [1.807, 2.05) is 60.9 Å². The van der Waals surface area contributed by atoms with Gasteiger partial charge in [-0.1, -0.05) is 146 Å². The summed E-state index contributed by atoms with van der Waals surface area (Å²) in [7, 11) is 0. The molecule has 8 rings (SSSR count). The smallest absolute Gasteiger partial charge is 0.159 e. The van der Waals surface area contributed by atoms with E-state index in [9.17, 15) is 9.90 Å². The Labute approximate surface area is 328 Å². The van der Waals surface area contributed by atoms with E-state index in [-0.39, 0.29) is 11.5 Å². The first-order chi connectivity index (χ1) is 27.5. The molecular formula is C52H40N2O2. The van der Waals surface area contributed by atoms with E-state index in [0.717, 1.165) is 83.7 Å². The van der Waals surface area contributed by atoms with Crippen LogP contribution in [0.4, 0.5) is 0 Å². The van der Waals surface area contributed by atoms with Gasteiger partial charge >= 0.3 is 0 Å². The van der Waals surface area contributed by atoms with Crippen molar-refractivity contribution in [2.45, 2.75) is 19.8 Å². The molecule has 270 valence electrons. The van der Waals surface area contributed by atoms with Crippen molar-refractivity contribution in [2.75, 3.05) is 0 Å². The first kappa shape index (κ1) is 35.8. The first-order valence-corrected chi connectivity index (χ1v) is 18.9. The number of hydrogen-bond acceptors (Lipinski definition) is 4. The number of carbonyl (C=O) groups is 1. The summed E-state index contributed by atoms with van der Waals surface area (Å²) in [5.74, 6) is -0.0800. The van der Waals surface area contributed by atoms with Gasteiger partial charge < -0.3 is 5.11 Å². The number of nitrogens with zero attached hydrogens (tertiary/aromatic N) is 2. The molecule has 0 bridgehead atoms. The summed E-state index contributed by atoms with van der Waals surface area (Å²) in [6, 6.07) is 61.0. The quantitative estimate of drug-likeness (QED) is 0.107. The zero-order chi connectivity index (χ0) is 38.3. The molecule has 0 radical (unpaired) electrons. The van der Waals surface area contributed by atoms with Gasteiger partial charge in [-0.05, 0) is 93.7 Å². The second kappa shape index (κ2) is 16.5.